The minimum atomic E-state index is -0.312. The highest BCUT2D eigenvalue weighted by molar-refractivity contribution is 14.1. The van der Waals surface area contributed by atoms with E-state index in [-0.39, 0.29) is 11.7 Å². The molecular formula is C14H11FIN3O. The number of aromatic nitrogens is 1. The number of nitrogens with zero attached hydrogens (tertiary/aromatic N) is 2. The summed E-state index contributed by atoms with van der Waals surface area (Å²) in [5, 5.41) is 0.653. The van der Waals surface area contributed by atoms with Crippen LogP contribution in [-0.2, 0) is 6.54 Å². The fraction of sp³-hybridized carbons (Fsp3) is 0.286. The number of nitrogen functional groups attached to an aromatic ring is 1. The van der Waals surface area contributed by atoms with E-state index in [9.17, 15) is 9.18 Å². The van der Waals surface area contributed by atoms with Crippen molar-refractivity contribution in [2.24, 2.45) is 0 Å². The lowest BCUT2D eigenvalue weighted by Crippen LogP contribution is -2.26. The van der Waals surface area contributed by atoms with Crippen molar-refractivity contribution in [1.29, 1.82) is 0 Å². The van der Waals surface area contributed by atoms with Crippen molar-refractivity contribution in [3.63, 3.8) is 0 Å². The number of pyridine rings is 1. The number of rotatable bonds is 1. The fourth-order valence-electron chi connectivity index (χ4n) is 2.76. The molecule has 0 radical (unpaired) electrons. The summed E-state index contributed by atoms with van der Waals surface area (Å²) in [7, 11) is 0. The van der Waals surface area contributed by atoms with Gasteiger partial charge in [-0.25, -0.2) is 9.37 Å². The summed E-state index contributed by atoms with van der Waals surface area (Å²) < 4.78 is 14.1. The molecule has 1 aliphatic heterocycles. The highest BCUT2D eigenvalue weighted by Gasteiger charge is 2.40. The number of hydrogen-bond donors (Lipinski definition) is 1. The van der Waals surface area contributed by atoms with Crippen molar-refractivity contribution in [2.45, 2.75) is 25.4 Å². The smallest absolute Gasteiger partial charge is 0.258 e. The third-order valence-corrected chi connectivity index (χ3v) is 4.97. The molecule has 4 rings (SSSR count). The molecule has 0 bridgehead atoms. The van der Waals surface area contributed by atoms with Gasteiger partial charge in [-0.2, -0.15) is 0 Å². The Kier molecular flexibility index (Phi) is 2.48. The predicted molar refractivity (Wildman–Crippen MR) is 81.7 cm³/mol. The molecule has 102 valence electrons. The molecule has 4 nitrogen and oxygen atoms in total. The average Bonchev–Trinajstić information content (AvgIpc) is 3.20. The van der Waals surface area contributed by atoms with Gasteiger partial charge in [0.1, 0.15) is 5.82 Å². The van der Waals surface area contributed by atoms with Gasteiger partial charge in [0.15, 0.2) is 0 Å². The standard InChI is InChI=1S/C14H11FIN3O/c15-8-4-3-7-12(17)10-9(18-13(7)11(8)16)5-19(14(10)20)6-1-2-6/h3-4,6H,1-2,5H2,(H2,17,18). The lowest BCUT2D eigenvalue weighted by atomic mass is 10.1. The van der Waals surface area contributed by atoms with Gasteiger partial charge in [-0.05, 0) is 47.6 Å². The Bertz CT molecular complexity index is 773. The van der Waals surface area contributed by atoms with Crippen molar-refractivity contribution in [1.82, 2.24) is 9.88 Å². The zero-order valence-corrected chi connectivity index (χ0v) is 12.6. The summed E-state index contributed by atoms with van der Waals surface area (Å²) >= 11 is 1.93. The number of nitrogens with two attached hydrogens (primary N) is 1. The van der Waals surface area contributed by atoms with Gasteiger partial charge in [-0.15, -0.1) is 0 Å². The molecule has 1 fully saturated rings. The maximum absolute atomic E-state index is 13.7. The molecule has 0 saturated heterocycles. The maximum atomic E-state index is 13.7. The summed E-state index contributed by atoms with van der Waals surface area (Å²) in [6.07, 6.45) is 2.09. The van der Waals surface area contributed by atoms with Crippen LogP contribution in [-0.4, -0.2) is 21.8 Å². The van der Waals surface area contributed by atoms with E-state index in [2.05, 4.69) is 4.98 Å². The molecule has 2 aliphatic rings. The van der Waals surface area contributed by atoms with E-state index in [0.29, 0.717) is 44.0 Å². The van der Waals surface area contributed by atoms with Crippen LogP contribution >= 0.6 is 22.6 Å². The Morgan fingerprint density at radius 2 is 2.15 bits per heavy atom. The van der Waals surface area contributed by atoms with Crippen LogP contribution in [0, 0.1) is 9.39 Å². The van der Waals surface area contributed by atoms with E-state index in [1.54, 1.807) is 6.07 Å². The second-order valence-electron chi connectivity index (χ2n) is 5.27. The van der Waals surface area contributed by atoms with Gasteiger partial charge >= 0.3 is 0 Å². The molecule has 1 saturated carbocycles. The topological polar surface area (TPSA) is 59.2 Å². The lowest BCUT2D eigenvalue weighted by Gasteiger charge is -2.13. The summed E-state index contributed by atoms with van der Waals surface area (Å²) in [5.74, 6) is -0.345. The van der Waals surface area contributed by atoms with E-state index in [4.69, 9.17) is 5.73 Å². The normalized spacial score (nSPS) is 17.9. The van der Waals surface area contributed by atoms with Gasteiger partial charge in [0, 0.05) is 11.4 Å². The minimum Gasteiger partial charge on any atom is -0.397 e. The van der Waals surface area contributed by atoms with Gasteiger partial charge in [0.05, 0.1) is 32.6 Å². The van der Waals surface area contributed by atoms with Crippen molar-refractivity contribution in [3.8, 4) is 0 Å². The molecular weight excluding hydrogens is 372 g/mol. The second kappa shape index (κ2) is 4.03. The number of fused-ring (bicyclic) bond motifs is 2. The first-order valence-electron chi connectivity index (χ1n) is 6.45. The van der Waals surface area contributed by atoms with Gasteiger partial charge in [-0.3, -0.25) is 4.79 Å². The number of amides is 1. The summed E-state index contributed by atoms with van der Waals surface area (Å²) in [6, 6.07) is 3.30. The fourth-order valence-corrected chi connectivity index (χ4v) is 3.35. The number of carbonyl (C=O) groups excluding carboxylic acids is 1. The summed E-state index contributed by atoms with van der Waals surface area (Å²) in [5.41, 5.74) is 8.31. The maximum Gasteiger partial charge on any atom is 0.258 e. The summed E-state index contributed by atoms with van der Waals surface area (Å²) in [4.78, 5) is 18.8. The van der Waals surface area contributed by atoms with Crippen molar-refractivity contribution in [3.05, 3.63) is 32.8 Å². The Morgan fingerprint density at radius 1 is 1.40 bits per heavy atom. The molecule has 6 heteroatoms. The van der Waals surface area contributed by atoms with Crippen LogP contribution in [0.1, 0.15) is 28.9 Å². The van der Waals surface area contributed by atoms with Crippen molar-refractivity contribution >= 4 is 45.1 Å². The van der Waals surface area contributed by atoms with E-state index >= 15 is 0 Å². The van der Waals surface area contributed by atoms with Crippen molar-refractivity contribution < 1.29 is 9.18 Å². The minimum absolute atomic E-state index is 0.0336. The van der Waals surface area contributed by atoms with Crippen LogP contribution in [0.25, 0.3) is 10.9 Å². The van der Waals surface area contributed by atoms with Crippen LogP contribution in [0.5, 0.6) is 0 Å². The molecule has 0 unspecified atom stereocenters. The van der Waals surface area contributed by atoms with Gasteiger partial charge in [0.2, 0.25) is 0 Å². The third kappa shape index (κ3) is 1.57. The predicted octanol–water partition coefficient (Wildman–Crippen LogP) is 2.68. The molecule has 1 aliphatic carbocycles. The molecule has 2 heterocycles. The van der Waals surface area contributed by atoms with E-state index in [1.165, 1.54) is 6.07 Å². The van der Waals surface area contributed by atoms with Crippen molar-refractivity contribution in [2.75, 3.05) is 5.73 Å². The highest BCUT2D eigenvalue weighted by atomic mass is 127. The molecule has 1 aromatic heterocycles. The number of carbonyl (C=O) groups is 1. The monoisotopic (exact) mass is 383 g/mol. The number of anilines is 1. The second-order valence-corrected chi connectivity index (χ2v) is 6.35. The van der Waals surface area contributed by atoms with Crippen LogP contribution in [0.2, 0.25) is 0 Å². The first kappa shape index (κ1) is 12.3. The van der Waals surface area contributed by atoms with Gasteiger partial charge in [-0.1, -0.05) is 0 Å². The average molecular weight is 383 g/mol. The Hall–Kier alpha value is -1.44. The van der Waals surface area contributed by atoms with Gasteiger partial charge in [0.25, 0.3) is 5.91 Å². The van der Waals surface area contributed by atoms with E-state index in [1.807, 2.05) is 27.5 Å². The zero-order valence-electron chi connectivity index (χ0n) is 10.5. The Labute approximate surface area is 128 Å². The molecule has 1 aromatic carbocycles. The lowest BCUT2D eigenvalue weighted by molar-refractivity contribution is 0.0767. The summed E-state index contributed by atoms with van der Waals surface area (Å²) in [6.45, 7) is 0.492. The largest absolute Gasteiger partial charge is 0.397 e. The quantitative estimate of drug-likeness (QED) is 0.771. The third-order valence-electron chi connectivity index (χ3n) is 3.95. The highest BCUT2D eigenvalue weighted by Crippen LogP contribution is 2.39. The molecule has 0 atom stereocenters. The SMILES string of the molecule is Nc1c2c(nc3c(I)c(F)ccc13)CN(C1CC1)C2=O. The van der Waals surface area contributed by atoms with Gasteiger partial charge < -0.3 is 10.6 Å². The van der Waals surface area contributed by atoms with E-state index < -0.39 is 0 Å². The molecule has 0 spiro atoms. The Morgan fingerprint density at radius 3 is 2.85 bits per heavy atom. The first-order valence-corrected chi connectivity index (χ1v) is 7.53. The van der Waals surface area contributed by atoms with Crippen LogP contribution < -0.4 is 5.73 Å². The number of benzene rings is 1. The first-order chi connectivity index (χ1) is 9.58. The Balaban J connectivity index is 1.98. The van der Waals surface area contributed by atoms with Crippen LogP contribution in [0.4, 0.5) is 10.1 Å². The zero-order chi connectivity index (χ0) is 14.0. The van der Waals surface area contributed by atoms with Crippen LogP contribution in [0.15, 0.2) is 12.1 Å². The van der Waals surface area contributed by atoms with Crippen LogP contribution in [0.3, 0.4) is 0 Å². The molecule has 2 N–H and O–H groups in total. The number of halogens is 2. The molecule has 2 aromatic rings. The van der Waals surface area contributed by atoms with E-state index in [0.717, 1.165) is 12.8 Å². The number of hydrogen-bond acceptors (Lipinski definition) is 3. The molecule has 20 heavy (non-hydrogen) atoms. The molecule has 1 amide bonds.